The first-order chi connectivity index (χ1) is 6.12. The van der Waals surface area contributed by atoms with Crippen LogP contribution in [0, 0.1) is 0 Å². The first-order valence-electron chi connectivity index (χ1n) is 4.65. The van der Waals surface area contributed by atoms with Crippen molar-refractivity contribution in [2.45, 2.75) is 44.7 Å². The molecule has 3 nitrogen and oxygen atoms in total. The molecule has 0 aromatic carbocycles. The Hall–Kier alpha value is -0.930. The predicted molar refractivity (Wildman–Crippen MR) is 45.0 cm³/mol. The number of nitrogens with zero attached hydrogens (tertiary/aromatic N) is 2. The van der Waals surface area contributed by atoms with Crippen LogP contribution in [0.3, 0.4) is 0 Å². The molecule has 4 heteroatoms. The Kier molecular flexibility index (Phi) is 1.86. The van der Waals surface area contributed by atoms with E-state index in [-0.39, 0.29) is 11.7 Å². The minimum atomic E-state index is -1.30. The maximum Gasteiger partial charge on any atom is 0.229 e. The van der Waals surface area contributed by atoms with Gasteiger partial charge in [-0.1, -0.05) is 19.0 Å². The lowest BCUT2D eigenvalue weighted by atomic mass is 9.81. The summed E-state index contributed by atoms with van der Waals surface area (Å²) in [5.74, 6) is 0.936. The number of alkyl halides is 1. The van der Waals surface area contributed by atoms with Gasteiger partial charge in [-0.25, -0.2) is 4.39 Å². The highest BCUT2D eigenvalue weighted by atomic mass is 19.1. The summed E-state index contributed by atoms with van der Waals surface area (Å²) in [4.78, 5) is 4.05. The van der Waals surface area contributed by atoms with Crippen LogP contribution in [0.5, 0.6) is 0 Å². The van der Waals surface area contributed by atoms with Gasteiger partial charge in [0.25, 0.3) is 0 Å². The average Bonchev–Trinajstić information content (AvgIpc) is 2.48. The number of rotatable bonds is 2. The van der Waals surface area contributed by atoms with Crippen molar-refractivity contribution in [2.24, 2.45) is 0 Å². The van der Waals surface area contributed by atoms with E-state index in [1.54, 1.807) is 0 Å². The van der Waals surface area contributed by atoms with Crippen molar-refractivity contribution < 1.29 is 8.91 Å². The minimum Gasteiger partial charge on any atom is -0.339 e. The number of hydrogen-bond acceptors (Lipinski definition) is 3. The van der Waals surface area contributed by atoms with Gasteiger partial charge in [0.2, 0.25) is 11.7 Å². The Labute approximate surface area is 76.3 Å². The van der Waals surface area contributed by atoms with Crippen molar-refractivity contribution in [3.05, 3.63) is 11.7 Å². The number of hydrogen-bond donors (Lipinski definition) is 0. The van der Waals surface area contributed by atoms with Crippen LogP contribution < -0.4 is 0 Å². The predicted octanol–water partition coefficient (Wildman–Crippen LogP) is 2.54. The van der Waals surface area contributed by atoms with Crippen molar-refractivity contribution in [3.63, 3.8) is 0 Å². The molecule has 0 saturated heterocycles. The summed E-state index contributed by atoms with van der Waals surface area (Å²) in [5.41, 5.74) is -1.30. The number of halogens is 1. The third-order valence-corrected chi connectivity index (χ3v) is 2.48. The lowest BCUT2D eigenvalue weighted by molar-refractivity contribution is 0.0481. The van der Waals surface area contributed by atoms with Crippen LogP contribution in [0.2, 0.25) is 0 Å². The van der Waals surface area contributed by atoms with E-state index in [1.807, 2.05) is 13.8 Å². The second-order valence-corrected chi connectivity index (χ2v) is 3.93. The van der Waals surface area contributed by atoms with Crippen LogP contribution in [-0.4, -0.2) is 10.1 Å². The molecule has 1 heterocycles. The zero-order chi connectivity index (χ0) is 9.47. The van der Waals surface area contributed by atoms with Crippen molar-refractivity contribution in [2.75, 3.05) is 0 Å². The SMILES string of the molecule is CC(C)c1nc(C2(F)CCC2)no1. The molecule has 1 fully saturated rings. The van der Waals surface area contributed by atoms with E-state index in [0.717, 1.165) is 6.42 Å². The molecule has 0 N–H and O–H groups in total. The summed E-state index contributed by atoms with van der Waals surface area (Å²) >= 11 is 0. The summed E-state index contributed by atoms with van der Waals surface area (Å²) in [6.07, 6.45) is 1.98. The highest BCUT2D eigenvalue weighted by Gasteiger charge is 2.43. The summed E-state index contributed by atoms with van der Waals surface area (Å²) in [7, 11) is 0. The van der Waals surface area contributed by atoms with Gasteiger partial charge in [-0.2, -0.15) is 4.98 Å². The van der Waals surface area contributed by atoms with Gasteiger partial charge in [0, 0.05) is 5.92 Å². The third kappa shape index (κ3) is 1.34. The Morgan fingerprint density at radius 1 is 1.46 bits per heavy atom. The minimum absolute atomic E-state index is 0.171. The van der Waals surface area contributed by atoms with Crippen molar-refractivity contribution in [1.82, 2.24) is 10.1 Å². The molecule has 2 rings (SSSR count). The quantitative estimate of drug-likeness (QED) is 0.709. The van der Waals surface area contributed by atoms with E-state index in [2.05, 4.69) is 10.1 Å². The molecule has 0 unspecified atom stereocenters. The maximum atomic E-state index is 13.7. The average molecular weight is 184 g/mol. The third-order valence-electron chi connectivity index (χ3n) is 2.48. The lowest BCUT2D eigenvalue weighted by Gasteiger charge is -2.29. The van der Waals surface area contributed by atoms with Gasteiger partial charge in [-0.3, -0.25) is 0 Å². The van der Waals surface area contributed by atoms with Crippen LogP contribution in [0.15, 0.2) is 4.52 Å². The second-order valence-electron chi connectivity index (χ2n) is 3.93. The van der Waals surface area contributed by atoms with Gasteiger partial charge in [-0.15, -0.1) is 0 Å². The molecule has 1 aliphatic carbocycles. The van der Waals surface area contributed by atoms with Crippen LogP contribution in [0.25, 0.3) is 0 Å². The topological polar surface area (TPSA) is 38.9 Å². The largest absolute Gasteiger partial charge is 0.339 e. The Morgan fingerprint density at radius 2 is 2.15 bits per heavy atom. The molecule has 0 spiro atoms. The van der Waals surface area contributed by atoms with E-state index in [1.165, 1.54) is 0 Å². The van der Waals surface area contributed by atoms with Crippen molar-refractivity contribution in [3.8, 4) is 0 Å². The summed E-state index contributed by atoms with van der Waals surface area (Å²) in [6, 6.07) is 0. The van der Waals surface area contributed by atoms with E-state index < -0.39 is 5.67 Å². The van der Waals surface area contributed by atoms with Crippen molar-refractivity contribution in [1.29, 1.82) is 0 Å². The van der Waals surface area contributed by atoms with E-state index in [0.29, 0.717) is 18.7 Å². The smallest absolute Gasteiger partial charge is 0.229 e. The fourth-order valence-corrected chi connectivity index (χ4v) is 1.36. The lowest BCUT2D eigenvalue weighted by Crippen LogP contribution is -2.30. The summed E-state index contributed by atoms with van der Waals surface area (Å²) < 4.78 is 18.7. The maximum absolute atomic E-state index is 13.7. The first kappa shape index (κ1) is 8.66. The van der Waals surface area contributed by atoms with Gasteiger partial charge in [0.1, 0.15) is 0 Å². The normalized spacial score (nSPS) is 20.3. The van der Waals surface area contributed by atoms with Gasteiger partial charge in [-0.05, 0) is 19.3 Å². The Balaban J connectivity index is 2.22. The fourth-order valence-electron chi connectivity index (χ4n) is 1.36. The second kappa shape index (κ2) is 2.79. The molecule has 1 aliphatic rings. The molecule has 0 amide bonds. The monoisotopic (exact) mass is 184 g/mol. The zero-order valence-corrected chi connectivity index (χ0v) is 7.88. The molecule has 0 atom stereocenters. The molecule has 0 aliphatic heterocycles. The summed E-state index contributed by atoms with van der Waals surface area (Å²) in [6.45, 7) is 3.89. The highest BCUT2D eigenvalue weighted by molar-refractivity contribution is 5.06. The van der Waals surface area contributed by atoms with Gasteiger partial charge < -0.3 is 4.52 Å². The van der Waals surface area contributed by atoms with Crippen LogP contribution in [0.4, 0.5) is 4.39 Å². The molecule has 1 saturated carbocycles. The molecule has 0 bridgehead atoms. The molecule has 13 heavy (non-hydrogen) atoms. The molecule has 0 radical (unpaired) electrons. The molecular weight excluding hydrogens is 171 g/mol. The van der Waals surface area contributed by atoms with Gasteiger partial charge in [0.15, 0.2) is 5.67 Å². The fraction of sp³-hybridized carbons (Fsp3) is 0.778. The highest BCUT2D eigenvalue weighted by Crippen LogP contribution is 2.43. The van der Waals surface area contributed by atoms with Crippen LogP contribution >= 0.6 is 0 Å². The van der Waals surface area contributed by atoms with Gasteiger partial charge in [0.05, 0.1) is 0 Å². The molecular formula is C9H13FN2O. The Bertz CT molecular complexity index is 304. The molecule has 1 aromatic heterocycles. The van der Waals surface area contributed by atoms with E-state index >= 15 is 0 Å². The van der Waals surface area contributed by atoms with E-state index in [4.69, 9.17) is 4.52 Å². The van der Waals surface area contributed by atoms with Crippen molar-refractivity contribution >= 4 is 0 Å². The zero-order valence-electron chi connectivity index (χ0n) is 7.88. The van der Waals surface area contributed by atoms with Crippen LogP contribution in [0.1, 0.15) is 50.7 Å². The first-order valence-corrected chi connectivity index (χ1v) is 4.65. The Morgan fingerprint density at radius 3 is 2.54 bits per heavy atom. The standard InChI is InChI=1S/C9H13FN2O/c1-6(2)7-11-8(12-13-7)9(10)4-3-5-9/h6H,3-5H2,1-2H3. The van der Waals surface area contributed by atoms with Gasteiger partial charge >= 0.3 is 0 Å². The summed E-state index contributed by atoms with van der Waals surface area (Å²) in [5, 5.41) is 3.67. The molecule has 1 aromatic rings. The van der Waals surface area contributed by atoms with E-state index in [9.17, 15) is 4.39 Å². The number of aromatic nitrogens is 2. The van der Waals surface area contributed by atoms with Crippen LogP contribution in [-0.2, 0) is 5.67 Å². The molecule has 72 valence electrons.